The number of aromatic nitrogens is 2. The molecular weight excluding hydrogens is 350 g/mol. The second-order valence-corrected chi connectivity index (χ2v) is 6.54. The number of carbonyl (C=O) groups is 1. The first-order valence-electron chi connectivity index (χ1n) is 8.87. The van der Waals surface area contributed by atoms with E-state index in [1.54, 1.807) is 35.2 Å². The zero-order valence-corrected chi connectivity index (χ0v) is 15.5. The Hall–Kier alpha value is -2.53. The maximum absolute atomic E-state index is 12.7. The number of nitrogens with zero attached hydrogens (tertiary/aromatic N) is 2. The molecule has 0 aliphatic carbocycles. The second kappa shape index (κ2) is 8.72. The summed E-state index contributed by atoms with van der Waals surface area (Å²) in [5.74, 6) is 0.453. The molecule has 0 fully saturated rings. The summed E-state index contributed by atoms with van der Waals surface area (Å²) in [6.45, 7) is 2.81. The minimum Gasteiger partial charge on any atom is -0.463 e. The molecule has 0 atom stereocenters. The van der Waals surface area contributed by atoms with Gasteiger partial charge in [0.05, 0.1) is 12.0 Å². The van der Waals surface area contributed by atoms with Crippen molar-refractivity contribution in [3.63, 3.8) is 0 Å². The third-order valence-corrected chi connectivity index (χ3v) is 4.32. The fourth-order valence-electron chi connectivity index (χ4n) is 2.74. The number of benzene rings is 1. The summed E-state index contributed by atoms with van der Waals surface area (Å²) < 4.78 is 7.02. The van der Waals surface area contributed by atoms with Gasteiger partial charge in [0, 0.05) is 17.6 Å². The number of halogens is 1. The average molecular weight is 372 g/mol. The van der Waals surface area contributed by atoms with Gasteiger partial charge in [0.25, 0.3) is 5.91 Å². The molecule has 3 aromatic rings. The molecule has 0 unspecified atom stereocenters. The van der Waals surface area contributed by atoms with Crippen LogP contribution in [0.4, 0.5) is 0 Å². The number of furan rings is 1. The zero-order chi connectivity index (χ0) is 18.4. The van der Waals surface area contributed by atoms with E-state index in [1.165, 1.54) is 12.8 Å². The van der Waals surface area contributed by atoms with Crippen LogP contribution in [-0.2, 0) is 0 Å². The van der Waals surface area contributed by atoms with Crippen LogP contribution in [0.5, 0.6) is 0 Å². The van der Waals surface area contributed by atoms with E-state index in [4.69, 9.17) is 16.0 Å². The third kappa shape index (κ3) is 4.35. The fraction of sp³-hybridized carbons (Fsp3) is 0.300. The molecule has 1 N–H and O–H groups in total. The summed E-state index contributed by atoms with van der Waals surface area (Å²) in [6.07, 6.45) is 6.01. The fourth-order valence-corrected chi connectivity index (χ4v) is 2.92. The molecule has 26 heavy (non-hydrogen) atoms. The predicted octanol–water partition coefficient (Wildman–Crippen LogP) is 5.10. The maximum atomic E-state index is 12.7. The lowest BCUT2D eigenvalue weighted by molar-refractivity contribution is 0.0945. The van der Waals surface area contributed by atoms with Crippen molar-refractivity contribution in [3.8, 4) is 17.1 Å². The molecule has 0 radical (unpaired) electrons. The average Bonchev–Trinajstić information content (AvgIpc) is 3.31. The van der Waals surface area contributed by atoms with E-state index in [0.29, 0.717) is 28.7 Å². The number of nitrogens with one attached hydrogen (secondary N) is 1. The van der Waals surface area contributed by atoms with E-state index in [0.717, 1.165) is 18.5 Å². The molecule has 136 valence electrons. The van der Waals surface area contributed by atoms with Crippen molar-refractivity contribution >= 4 is 17.5 Å². The van der Waals surface area contributed by atoms with Crippen molar-refractivity contribution in [3.05, 3.63) is 59.4 Å². The van der Waals surface area contributed by atoms with E-state index in [9.17, 15) is 4.79 Å². The Morgan fingerprint density at radius 2 is 2.08 bits per heavy atom. The van der Waals surface area contributed by atoms with E-state index in [-0.39, 0.29) is 5.91 Å². The number of hydrogen-bond donors (Lipinski definition) is 1. The van der Waals surface area contributed by atoms with E-state index in [1.807, 2.05) is 18.2 Å². The number of carbonyl (C=O) groups excluding carboxylic acids is 1. The first-order valence-corrected chi connectivity index (χ1v) is 9.25. The minimum absolute atomic E-state index is 0.160. The monoisotopic (exact) mass is 371 g/mol. The highest BCUT2D eigenvalue weighted by Gasteiger charge is 2.18. The van der Waals surface area contributed by atoms with E-state index < -0.39 is 0 Å². The second-order valence-electron chi connectivity index (χ2n) is 6.10. The Morgan fingerprint density at radius 3 is 2.81 bits per heavy atom. The van der Waals surface area contributed by atoms with Gasteiger partial charge in [-0.2, -0.15) is 5.10 Å². The highest BCUT2D eigenvalue weighted by Crippen LogP contribution is 2.23. The van der Waals surface area contributed by atoms with Crippen molar-refractivity contribution in [1.82, 2.24) is 15.1 Å². The molecule has 5 nitrogen and oxygen atoms in total. The predicted molar refractivity (Wildman–Crippen MR) is 103 cm³/mol. The van der Waals surface area contributed by atoms with Crippen LogP contribution >= 0.6 is 11.6 Å². The number of unbranched alkanes of at least 4 members (excludes halogenated alkanes) is 3. The van der Waals surface area contributed by atoms with Crippen molar-refractivity contribution in [2.45, 2.75) is 32.6 Å². The summed E-state index contributed by atoms with van der Waals surface area (Å²) in [7, 11) is 0. The van der Waals surface area contributed by atoms with E-state index >= 15 is 0 Å². The molecule has 1 amide bonds. The Labute approximate surface area is 158 Å². The van der Waals surface area contributed by atoms with Crippen LogP contribution in [0, 0.1) is 0 Å². The summed E-state index contributed by atoms with van der Waals surface area (Å²) >= 11 is 6.10. The largest absolute Gasteiger partial charge is 0.463 e. The highest BCUT2D eigenvalue weighted by atomic mass is 35.5. The van der Waals surface area contributed by atoms with Gasteiger partial charge in [0.2, 0.25) is 0 Å². The van der Waals surface area contributed by atoms with Gasteiger partial charge in [0.1, 0.15) is 11.4 Å². The van der Waals surface area contributed by atoms with Crippen molar-refractivity contribution < 1.29 is 9.21 Å². The van der Waals surface area contributed by atoms with Crippen LogP contribution in [0.3, 0.4) is 0 Å². The molecule has 0 saturated carbocycles. The number of rotatable bonds is 8. The number of hydrogen-bond acceptors (Lipinski definition) is 3. The van der Waals surface area contributed by atoms with Gasteiger partial charge < -0.3 is 9.73 Å². The molecule has 2 heterocycles. The van der Waals surface area contributed by atoms with Crippen LogP contribution in [0.1, 0.15) is 43.1 Å². The van der Waals surface area contributed by atoms with Gasteiger partial charge in [-0.15, -0.1) is 0 Å². The van der Waals surface area contributed by atoms with Gasteiger partial charge in [-0.1, -0.05) is 43.9 Å². The highest BCUT2D eigenvalue weighted by molar-refractivity contribution is 6.30. The third-order valence-electron chi connectivity index (χ3n) is 4.08. The van der Waals surface area contributed by atoms with Crippen LogP contribution < -0.4 is 5.32 Å². The number of amides is 1. The SMILES string of the molecule is CCCCCCNC(=O)c1cc(-c2ccco2)nn1-c1cccc(Cl)c1. The van der Waals surface area contributed by atoms with Gasteiger partial charge in [-0.25, -0.2) is 4.68 Å². The van der Waals surface area contributed by atoms with Gasteiger partial charge in [-0.3, -0.25) is 4.79 Å². The van der Waals surface area contributed by atoms with E-state index in [2.05, 4.69) is 17.3 Å². The molecular formula is C20H22ClN3O2. The Morgan fingerprint density at radius 1 is 1.19 bits per heavy atom. The summed E-state index contributed by atoms with van der Waals surface area (Å²) in [6, 6.07) is 12.6. The van der Waals surface area contributed by atoms with Gasteiger partial charge in [-0.05, 0) is 36.8 Å². The van der Waals surface area contributed by atoms with Crippen molar-refractivity contribution in [2.24, 2.45) is 0 Å². The Bertz CT molecular complexity index is 856. The zero-order valence-electron chi connectivity index (χ0n) is 14.7. The summed E-state index contributed by atoms with van der Waals surface area (Å²) in [4.78, 5) is 12.7. The Balaban J connectivity index is 1.86. The molecule has 1 aromatic carbocycles. The molecule has 0 bridgehead atoms. The molecule has 3 rings (SSSR count). The normalized spacial score (nSPS) is 10.8. The first kappa shape index (κ1) is 18.3. The summed E-state index contributed by atoms with van der Waals surface area (Å²) in [5, 5.41) is 8.11. The topological polar surface area (TPSA) is 60.1 Å². The van der Waals surface area contributed by atoms with Crippen LogP contribution in [0.2, 0.25) is 5.02 Å². The smallest absolute Gasteiger partial charge is 0.270 e. The Kier molecular flexibility index (Phi) is 6.12. The molecule has 0 aliphatic rings. The minimum atomic E-state index is -0.160. The van der Waals surface area contributed by atoms with Crippen LogP contribution in [0.25, 0.3) is 17.1 Å². The van der Waals surface area contributed by atoms with Crippen molar-refractivity contribution in [1.29, 1.82) is 0 Å². The first-order chi connectivity index (χ1) is 12.7. The summed E-state index contributed by atoms with van der Waals surface area (Å²) in [5.41, 5.74) is 1.78. The molecule has 2 aromatic heterocycles. The molecule has 6 heteroatoms. The lowest BCUT2D eigenvalue weighted by Crippen LogP contribution is -2.26. The quantitative estimate of drug-likeness (QED) is 0.560. The van der Waals surface area contributed by atoms with Crippen molar-refractivity contribution in [2.75, 3.05) is 6.54 Å². The molecule has 0 spiro atoms. The van der Waals surface area contributed by atoms with Gasteiger partial charge in [0.15, 0.2) is 5.76 Å². The van der Waals surface area contributed by atoms with Gasteiger partial charge >= 0.3 is 0 Å². The maximum Gasteiger partial charge on any atom is 0.270 e. The standard InChI is InChI=1S/C20H22ClN3O2/c1-2-3-4-5-11-22-20(25)18-14-17(19-10-7-12-26-19)23-24(18)16-9-6-8-15(21)13-16/h6-10,12-14H,2-5,11H2,1H3,(H,22,25). The van der Waals surface area contributed by atoms with Crippen LogP contribution in [-0.4, -0.2) is 22.2 Å². The lowest BCUT2D eigenvalue weighted by Gasteiger charge is -2.08. The molecule has 0 saturated heterocycles. The molecule has 0 aliphatic heterocycles. The van der Waals surface area contributed by atoms with Crippen LogP contribution in [0.15, 0.2) is 53.1 Å². The lowest BCUT2D eigenvalue weighted by atomic mass is 10.2.